The van der Waals surface area contributed by atoms with Gasteiger partial charge in [0.1, 0.15) is 0 Å². The van der Waals surface area contributed by atoms with Crippen LogP contribution < -0.4 is 10.5 Å². The molecule has 1 aromatic carbocycles. The third-order valence-electron chi connectivity index (χ3n) is 2.31. The molecular weight excluding hydrogens is 226 g/mol. The highest BCUT2D eigenvalue weighted by molar-refractivity contribution is 5.85. The van der Waals surface area contributed by atoms with Crippen molar-refractivity contribution in [3.63, 3.8) is 0 Å². The van der Waals surface area contributed by atoms with Crippen LogP contribution >= 0.6 is 12.4 Å². The van der Waals surface area contributed by atoms with Gasteiger partial charge < -0.3 is 15.6 Å². The average Bonchev–Trinajstić information content (AvgIpc) is 2.22. The van der Waals surface area contributed by atoms with Crippen LogP contribution in [0.2, 0.25) is 0 Å². The Balaban J connectivity index is 0.00000225. The first kappa shape index (κ1) is 15.1. The molecule has 0 radical (unpaired) electrons. The summed E-state index contributed by atoms with van der Waals surface area (Å²) in [5.74, 6) is 0.686. The monoisotopic (exact) mass is 245 g/mol. The van der Waals surface area contributed by atoms with Crippen LogP contribution in [0.4, 0.5) is 0 Å². The average molecular weight is 246 g/mol. The molecule has 0 saturated carbocycles. The van der Waals surface area contributed by atoms with E-state index in [9.17, 15) is 5.11 Å². The smallest absolute Gasteiger partial charge is 0.161 e. The summed E-state index contributed by atoms with van der Waals surface area (Å²) in [5, 5.41) is 9.51. The Morgan fingerprint density at radius 1 is 1.38 bits per heavy atom. The maximum Gasteiger partial charge on any atom is 0.161 e. The first-order chi connectivity index (χ1) is 7.19. The number of hydrogen-bond acceptors (Lipinski definition) is 3. The van der Waals surface area contributed by atoms with E-state index in [0.717, 1.165) is 18.4 Å². The minimum Gasteiger partial charge on any atom is -0.504 e. The van der Waals surface area contributed by atoms with Crippen LogP contribution in [0.3, 0.4) is 0 Å². The highest BCUT2D eigenvalue weighted by Crippen LogP contribution is 2.29. The molecule has 0 heterocycles. The molecule has 0 spiro atoms. The molecule has 92 valence electrons. The molecule has 4 heteroatoms. The molecule has 1 atom stereocenters. The van der Waals surface area contributed by atoms with Crippen LogP contribution in [0, 0.1) is 0 Å². The number of hydrogen-bond donors (Lipinski definition) is 2. The van der Waals surface area contributed by atoms with Crippen LogP contribution in [0.25, 0.3) is 0 Å². The molecule has 0 aliphatic heterocycles. The molecule has 1 aromatic rings. The minimum atomic E-state index is 0. The number of nitrogens with two attached hydrogens (primary N) is 1. The zero-order valence-electron chi connectivity index (χ0n) is 9.77. The Hall–Kier alpha value is -0.930. The molecule has 0 aliphatic rings. The highest BCUT2D eigenvalue weighted by atomic mass is 35.5. The summed E-state index contributed by atoms with van der Waals surface area (Å²) in [6, 6.07) is 5.32. The standard InChI is InChI=1S/C12H19NO2.ClH/c1-3-5-10(13)9-6-7-11(14)12(8-9)15-4-2;/h6-8,10,14H,3-5,13H2,1-2H3;1H/t10-;/m0./s1. The van der Waals surface area contributed by atoms with Crippen LogP contribution in [0.5, 0.6) is 11.5 Å². The van der Waals surface area contributed by atoms with E-state index in [0.29, 0.717) is 12.4 Å². The lowest BCUT2D eigenvalue weighted by atomic mass is 10.0. The Bertz CT molecular complexity index is 318. The van der Waals surface area contributed by atoms with E-state index in [-0.39, 0.29) is 24.2 Å². The predicted molar refractivity (Wildman–Crippen MR) is 68.4 cm³/mol. The summed E-state index contributed by atoms with van der Waals surface area (Å²) in [6.45, 7) is 4.53. The number of phenols is 1. The van der Waals surface area contributed by atoms with Crippen LogP contribution in [0.1, 0.15) is 38.3 Å². The zero-order chi connectivity index (χ0) is 11.3. The number of aromatic hydroxyl groups is 1. The second kappa shape index (κ2) is 7.36. The fraction of sp³-hybridized carbons (Fsp3) is 0.500. The first-order valence-electron chi connectivity index (χ1n) is 5.40. The van der Waals surface area contributed by atoms with E-state index in [4.69, 9.17) is 10.5 Å². The third-order valence-corrected chi connectivity index (χ3v) is 2.31. The molecule has 0 aliphatic carbocycles. The van der Waals surface area contributed by atoms with Gasteiger partial charge in [-0.25, -0.2) is 0 Å². The Morgan fingerprint density at radius 2 is 2.06 bits per heavy atom. The molecule has 1 rings (SSSR count). The summed E-state index contributed by atoms with van der Waals surface area (Å²) in [6.07, 6.45) is 1.99. The van der Waals surface area contributed by atoms with Gasteiger partial charge in [-0.2, -0.15) is 0 Å². The Kier molecular flexibility index (Phi) is 6.93. The molecular formula is C12H20ClNO2. The van der Waals surface area contributed by atoms with Crippen LogP contribution in [-0.2, 0) is 0 Å². The van der Waals surface area contributed by atoms with Gasteiger partial charge in [0.25, 0.3) is 0 Å². The van der Waals surface area contributed by atoms with E-state index < -0.39 is 0 Å². The lowest BCUT2D eigenvalue weighted by Gasteiger charge is -2.13. The van der Waals surface area contributed by atoms with E-state index in [1.165, 1.54) is 0 Å². The topological polar surface area (TPSA) is 55.5 Å². The van der Waals surface area contributed by atoms with Crippen molar-refractivity contribution in [3.8, 4) is 11.5 Å². The molecule has 16 heavy (non-hydrogen) atoms. The van der Waals surface area contributed by atoms with Gasteiger partial charge in [-0.05, 0) is 31.0 Å². The summed E-state index contributed by atoms with van der Waals surface area (Å²) in [4.78, 5) is 0. The van der Waals surface area contributed by atoms with Crippen molar-refractivity contribution in [1.29, 1.82) is 0 Å². The highest BCUT2D eigenvalue weighted by Gasteiger charge is 2.08. The van der Waals surface area contributed by atoms with E-state index in [2.05, 4.69) is 6.92 Å². The number of phenolic OH excluding ortho intramolecular Hbond substituents is 1. The summed E-state index contributed by atoms with van der Waals surface area (Å²) >= 11 is 0. The molecule has 3 N–H and O–H groups in total. The molecule has 0 fully saturated rings. The van der Waals surface area contributed by atoms with Gasteiger partial charge in [0.15, 0.2) is 11.5 Å². The number of rotatable bonds is 5. The molecule has 0 unspecified atom stereocenters. The maximum atomic E-state index is 9.51. The summed E-state index contributed by atoms with van der Waals surface area (Å²) < 4.78 is 5.30. The van der Waals surface area contributed by atoms with Crippen LogP contribution in [-0.4, -0.2) is 11.7 Å². The molecule has 3 nitrogen and oxygen atoms in total. The van der Waals surface area contributed by atoms with Gasteiger partial charge in [-0.1, -0.05) is 19.4 Å². The predicted octanol–water partition coefficient (Wildman–Crippen LogP) is 3.01. The van der Waals surface area contributed by atoms with Gasteiger partial charge >= 0.3 is 0 Å². The van der Waals surface area contributed by atoms with Crippen molar-refractivity contribution in [1.82, 2.24) is 0 Å². The van der Waals surface area contributed by atoms with Gasteiger partial charge in [-0.3, -0.25) is 0 Å². The maximum absolute atomic E-state index is 9.51. The Morgan fingerprint density at radius 3 is 2.62 bits per heavy atom. The van der Waals surface area contributed by atoms with Gasteiger partial charge in [0, 0.05) is 6.04 Å². The van der Waals surface area contributed by atoms with Crippen molar-refractivity contribution < 1.29 is 9.84 Å². The van der Waals surface area contributed by atoms with Gasteiger partial charge in [-0.15, -0.1) is 12.4 Å². The van der Waals surface area contributed by atoms with E-state index in [1.54, 1.807) is 6.07 Å². The number of ether oxygens (including phenoxy) is 1. The quantitative estimate of drug-likeness (QED) is 0.839. The molecule has 0 saturated heterocycles. The first-order valence-corrected chi connectivity index (χ1v) is 5.40. The second-order valence-electron chi connectivity index (χ2n) is 3.56. The lowest BCUT2D eigenvalue weighted by Crippen LogP contribution is -2.09. The third kappa shape index (κ3) is 3.91. The molecule has 0 aromatic heterocycles. The van der Waals surface area contributed by atoms with Crippen molar-refractivity contribution in [2.45, 2.75) is 32.7 Å². The second-order valence-corrected chi connectivity index (χ2v) is 3.56. The van der Waals surface area contributed by atoms with Crippen molar-refractivity contribution in [3.05, 3.63) is 23.8 Å². The zero-order valence-corrected chi connectivity index (χ0v) is 10.6. The van der Waals surface area contributed by atoms with E-state index in [1.807, 2.05) is 19.1 Å². The summed E-state index contributed by atoms with van der Waals surface area (Å²) in [5.41, 5.74) is 7.00. The minimum absolute atomic E-state index is 0. The fourth-order valence-corrected chi connectivity index (χ4v) is 1.51. The van der Waals surface area contributed by atoms with Crippen molar-refractivity contribution in [2.24, 2.45) is 5.73 Å². The van der Waals surface area contributed by atoms with Crippen molar-refractivity contribution >= 4 is 12.4 Å². The Labute approximate surface area is 103 Å². The van der Waals surface area contributed by atoms with E-state index >= 15 is 0 Å². The normalized spacial score (nSPS) is 11.7. The molecule has 0 amide bonds. The van der Waals surface area contributed by atoms with Gasteiger partial charge in [0.2, 0.25) is 0 Å². The van der Waals surface area contributed by atoms with Gasteiger partial charge in [0.05, 0.1) is 6.61 Å². The largest absolute Gasteiger partial charge is 0.504 e. The summed E-state index contributed by atoms with van der Waals surface area (Å²) in [7, 11) is 0. The number of halogens is 1. The SMILES string of the molecule is CCC[C@H](N)c1ccc(O)c(OCC)c1.Cl. The fourth-order valence-electron chi connectivity index (χ4n) is 1.51. The lowest BCUT2D eigenvalue weighted by molar-refractivity contribution is 0.317. The molecule has 0 bridgehead atoms. The van der Waals surface area contributed by atoms with Crippen molar-refractivity contribution in [2.75, 3.05) is 6.61 Å². The van der Waals surface area contributed by atoms with Crippen LogP contribution in [0.15, 0.2) is 18.2 Å². The number of benzene rings is 1.